The van der Waals surface area contributed by atoms with Gasteiger partial charge in [-0.1, -0.05) is 0 Å². The van der Waals surface area contributed by atoms with Crippen LogP contribution in [0.4, 0.5) is 5.13 Å². The third kappa shape index (κ3) is 2.80. The van der Waals surface area contributed by atoms with E-state index in [2.05, 4.69) is 20.5 Å². The number of rotatable bonds is 3. The molecule has 1 fully saturated rings. The number of piperidine rings is 1. The Morgan fingerprint density at radius 1 is 1.27 bits per heavy atom. The highest BCUT2D eigenvalue weighted by molar-refractivity contribution is 7.13. The highest BCUT2D eigenvalue weighted by atomic mass is 32.1. The van der Waals surface area contributed by atoms with Crippen LogP contribution in [0.1, 0.15) is 37.8 Å². The molecule has 0 bridgehead atoms. The van der Waals surface area contributed by atoms with Gasteiger partial charge >= 0.3 is 0 Å². The van der Waals surface area contributed by atoms with Crippen molar-refractivity contribution < 1.29 is 9.59 Å². The van der Waals surface area contributed by atoms with Crippen molar-refractivity contribution >= 4 is 28.3 Å². The smallest absolute Gasteiger partial charge is 0.236 e. The van der Waals surface area contributed by atoms with Crippen molar-refractivity contribution in [3.05, 3.63) is 23.2 Å². The zero-order chi connectivity index (χ0) is 18.3. The second kappa shape index (κ2) is 6.46. The summed E-state index contributed by atoms with van der Waals surface area (Å²) in [6, 6.07) is 0. The number of likely N-dealkylation sites (tertiary alicyclic amines) is 1. The van der Waals surface area contributed by atoms with Crippen LogP contribution >= 0.6 is 11.3 Å². The predicted molar refractivity (Wildman–Crippen MR) is 96.8 cm³/mol. The van der Waals surface area contributed by atoms with Crippen molar-refractivity contribution in [2.45, 2.75) is 45.1 Å². The lowest BCUT2D eigenvalue weighted by atomic mass is 9.85. The van der Waals surface area contributed by atoms with Crippen LogP contribution in [0, 0.1) is 12.8 Å². The number of carbonyl (C=O) groups is 2. The first-order chi connectivity index (χ1) is 12.5. The van der Waals surface area contributed by atoms with E-state index in [4.69, 9.17) is 0 Å². The summed E-state index contributed by atoms with van der Waals surface area (Å²) in [5.74, 6) is 1.64. The van der Waals surface area contributed by atoms with Crippen molar-refractivity contribution in [3.8, 4) is 0 Å². The second-order valence-electron chi connectivity index (χ2n) is 7.20. The maximum Gasteiger partial charge on any atom is 0.236 e. The average Bonchev–Trinajstić information content (AvgIpc) is 3.36. The average molecular weight is 374 g/mol. The molecule has 2 aromatic heterocycles. The summed E-state index contributed by atoms with van der Waals surface area (Å²) < 4.78 is 2.03. The van der Waals surface area contributed by atoms with Gasteiger partial charge in [-0.15, -0.1) is 21.5 Å². The van der Waals surface area contributed by atoms with E-state index in [9.17, 15) is 9.59 Å². The number of hydrogen-bond donors (Lipinski definition) is 1. The predicted octanol–water partition coefficient (Wildman–Crippen LogP) is 1.58. The van der Waals surface area contributed by atoms with E-state index in [1.54, 1.807) is 6.20 Å². The van der Waals surface area contributed by atoms with Crippen molar-refractivity contribution in [1.29, 1.82) is 0 Å². The zero-order valence-electron chi connectivity index (χ0n) is 14.9. The second-order valence-corrected chi connectivity index (χ2v) is 8.09. The molecule has 1 unspecified atom stereocenters. The van der Waals surface area contributed by atoms with Gasteiger partial charge in [-0.3, -0.25) is 9.59 Å². The molecule has 2 aliphatic heterocycles. The molecule has 1 saturated heterocycles. The van der Waals surface area contributed by atoms with E-state index < -0.39 is 5.41 Å². The Bertz CT molecular complexity index is 824. The van der Waals surface area contributed by atoms with Crippen molar-refractivity contribution in [2.24, 2.45) is 5.92 Å². The largest absolute Gasteiger partial charge is 0.342 e. The first kappa shape index (κ1) is 17.1. The summed E-state index contributed by atoms with van der Waals surface area (Å²) in [7, 11) is 0. The molecule has 4 rings (SSSR count). The minimum absolute atomic E-state index is 0.00510. The van der Waals surface area contributed by atoms with E-state index in [0.29, 0.717) is 31.1 Å². The molecule has 2 amide bonds. The summed E-state index contributed by atoms with van der Waals surface area (Å²) in [5, 5.41) is 13.7. The van der Waals surface area contributed by atoms with Gasteiger partial charge in [0.15, 0.2) is 5.13 Å². The Morgan fingerprint density at radius 3 is 2.73 bits per heavy atom. The van der Waals surface area contributed by atoms with Crippen LogP contribution < -0.4 is 5.32 Å². The summed E-state index contributed by atoms with van der Waals surface area (Å²) in [6.45, 7) is 5.85. The van der Waals surface area contributed by atoms with Crippen molar-refractivity contribution in [3.63, 3.8) is 0 Å². The fraction of sp³-hybridized carbons (Fsp3) is 0.588. The number of amides is 2. The molecule has 2 aliphatic rings. The monoisotopic (exact) mass is 374 g/mol. The van der Waals surface area contributed by atoms with Gasteiger partial charge in [0.1, 0.15) is 17.1 Å². The van der Waals surface area contributed by atoms with Gasteiger partial charge in [-0.2, -0.15) is 0 Å². The van der Waals surface area contributed by atoms with Crippen LogP contribution in [0.3, 0.4) is 0 Å². The molecule has 138 valence electrons. The van der Waals surface area contributed by atoms with E-state index in [-0.39, 0.29) is 17.7 Å². The third-order valence-electron chi connectivity index (χ3n) is 5.55. The van der Waals surface area contributed by atoms with Gasteiger partial charge in [0, 0.05) is 37.1 Å². The number of aromatic nitrogens is 4. The molecule has 1 atom stereocenters. The fourth-order valence-electron chi connectivity index (χ4n) is 3.89. The van der Waals surface area contributed by atoms with Gasteiger partial charge in [0.25, 0.3) is 0 Å². The van der Waals surface area contributed by atoms with Crippen LogP contribution in [-0.4, -0.2) is 49.6 Å². The third-order valence-corrected chi connectivity index (χ3v) is 6.24. The molecule has 0 saturated carbocycles. The molecule has 1 N–H and O–H groups in total. The van der Waals surface area contributed by atoms with Crippen LogP contribution in [0.25, 0.3) is 0 Å². The summed E-state index contributed by atoms with van der Waals surface area (Å²) in [6.07, 6.45) is 3.77. The van der Waals surface area contributed by atoms with Gasteiger partial charge in [0.2, 0.25) is 11.8 Å². The SMILES string of the molecule is Cc1nnc2n1CCC2(C)C(=O)N1CCC(C(=O)Nc2nccs2)CC1. The lowest BCUT2D eigenvalue weighted by Crippen LogP contribution is -2.49. The molecular weight excluding hydrogens is 352 g/mol. The molecule has 0 radical (unpaired) electrons. The quantitative estimate of drug-likeness (QED) is 0.880. The highest BCUT2D eigenvalue weighted by Crippen LogP contribution is 2.36. The van der Waals surface area contributed by atoms with Gasteiger partial charge < -0.3 is 14.8 Å². The molecule has 0 aliphatic carbocycles. The summed E-state index contributed by atoms with van der Waals surface area (Å²) in [4.78, 5) is 31.5. The maximum atomic E-state index is 13.2. The van der Waals surface area contributed by atoms with E-state index >= 15 is 0 Å². The van der Waals surface area contributed by atoms with E-state index in [1.807, 2.05) is 28.7 Å². The number of nitrogens with one attached hydrogen (secondary N) is 1. The Labute approximate surface area is 155 Å². The Morgan fingerprint density at radius 2 is 2.04 bits per heavy atom. The number of hydrogen-bond acceptors (Lipinski definition) is 6. The van der Waals surface area contributed by atoms with Crippen LogP contribution in [0.5, 0.6) is 0 Å². The first-order valence-corrected chi connectivity index (χ1v) is 9.77. The van der Waals surface area contributed by atoms with Gasteiger partial charge in [-0.25, -0.2) is 4.98 Å². The number of fused-ring (bicyclic) bond motifs is 1. The maximum absolute atomic E-state index is 13.2. The molecule has 4 heterocycles. The molecular formula is C17H22N6O2S. The zero-order valence-corrected chi connectivity index (χ0v) is 15.8. The highest BCUT2D eigenvalue weighted by Gasteiger charge is 2.47. The Kier molecular flexibility index (Phi) is 4.26. The molecule has 9 heteroatoms. The van der Waals surface area contributed by atoms with Crippen molar-refractivity contribution in [1.82, 2.24) is 24.6 Å². The van der Waals surface area contributed by atoms with E-state index in [1.165, 1.54) is 11.3 Å². The molecule has 0 spiro atoms. The number of nitrogens with zero attached hydrogens (tertiary/aromatic N) is 5. The lowest BCUT2D eigenvalue weighted by molar-refractivity contribution is -0.139. The number of thiazole rings is 1. The fourth-order valence-corrected chi connectivity index (χ4v) is 4.42. The number of anilines is 1. The lowest BCUT2D eigenvalue weighted by Gasteiger charge is -2.35. The summed E-state index contributed by atoms with van der Waals surface area (Å²) in [5.41, 5.74) is -0.614. The van der Waals surface area contributed by atoms with Gasteiger partial charge in [-0.05, 0) is 33.1 Å². The summed E-state index contributed by atoms with van der Waals surface area (Å²) >= 11 is 1.41. The Balaban J connectivity index is 1.39. The van der Waals surface area contributed by atoms with Crippen LogP contribution in [0.15, 0.2) is 11.6 Å². The topological polar surface area (TPSA) is 93.0 Å². The molecule has 2 aromatic rings. The van der Waals surface area contributed by atoms with Crippen LogP contribution in [-0.2, 0) is 21.5 Å². The van der Waals surface area contributed by atoms with Gasteiger partial charge in [0.05, 0.1) is 0 Å². The Hall–Kier alpha value is -2.29. The minimum atomic E-state index is -0.614. The first-order valence-electron chi connectivity index (χ1n) is 8.89. The standard InChI is InChI=1S/C17H22N6O2S/c1-11-20-21-14-17(2,5-9-23(11)14)15(25)22-7-3-12(4-8-22)13(24)19-16-18-6-10-26-16/h6,10,12H,3-5,7-9H2,1-2H3,(H,18,19,24). The normalized spacial score (nSPS) is 23.1. The van der Waals surface area contributed by atoms with Crippen molar-refractivity contribution in [2.75, 3.05) is 18.4 Å². The number of aryl methyl sites for hydroxylation is 1. The van der Waals surface area contributed by atoms with E-state index in [0.717, 1.165) is 24.6 Å². The molecule has 26 heavy (non-hydrogen) atoms. The minimum Gasteiger partial charge on any atom is -0.342 e. The van der Waals surface area contributed by atoms with Crippen LogP contribution in [0.2, 0.25) is 0 Å². The molecule has 8 nitrogen and oxygen atoms in total. The number of carbonyl (C=O) groups excluding carboxylic acids is 2. The molecule has 0 aromatic carbocycles.